The number of hydrogen-bond acceptors (Lipinski definition) is 1. The Morgan fingerprint density at radius 1 is 0.810 bits per heavy atom. The summed E-state index contributed by atoms with van der Waals surface area (Å²) in [6, 6.07) is 9.91. The lowest BCUT2D eigenvalue weighted by Gasteiger charge is -2.17. The monoisotopic (exact) mass is 289 g/mol. The van der Waals surface area contributed by atoms with Crippen LogP contribution in [0, 0.1) is 0 Å². The van der Waals surface area contributed by atoms with Crippen molar-refractivity contribution in [2.24, 2.45) is 0 Å². The fourth-order valence-corrected chi connectivity index (χ4v) is 2.63. The largest absolute Gasteiger partial charge is 0.315 e. The van der Waals surface area contributed by atoms with Crippen LogP contribution >= 0.6 is 0 Å². The Kier molecular flexibility index (Phi) is 10.5. The highest BCUT2D eigenvalue weighted by atomic mass is 16.1. The highest BCUT2D eigenvalue weighted by Gasteiger charge is 2.03. The summed E-state index contributed by atoms with van der Waals surface area (Å²) in [5.74, 6) is 0. The first-order chi connectivity index (χ1) is 10.4. The highest BCUT2D eigenvalue weighted by molar-refractivity contribution is 5.74. The summed E-state index contributed by atoms with van der Waals surface area (Å²) in [7, 11) is 0. The molecule has 1 amide bonds. The van der Waals surface area contributed by atoms with Gasteiger partial charge in [0, 0.05) is 12.2 Å². The zero-order chi connectivity index (χ0) is 15.2. The van der Waals surface area contributed by atoms with Gasteiger partial charge < -0.3 is 4.90 Å². The fourth-order valence-electron chi connectivity index (χ4n) is 2.63. The second-order valence-corrected chi connectivity index (χ2v) is 5.82. The number of para-hydroxylation sites is 1. The molecule has 0 saturated carbocycles. The molecule has 0 saturated heterocycles. The molecule has 2 nitrogen and oxygen atoms in total. The van der Waals surface area contributed by atoms with Crippen molar-refractivity contribution in [1.82, 2.24) is 0 Å². The van der Waals surface area contributed by atoms with Gasteiger partial charge in [0.05, 0.1) is 0 Å². The summed E-state index contributed by atoms with van der Waals surface area (Å²) >= 11 is 0. The van der Waals surface area contributed by atoms with Crippen molar-refractivity contribution in [3.05, 3.63) is 30.3 Å². The van der Waals surface area contributed by atoms with Gasteiger partial charge in [0.15, 0.2) is 0 Å². The van der Waals surface area contributed by atoms with Crippen LogP contribution in [0.5, 0.6) is 0 Å². The zero-order valence-electron chi connectivity index (χ0n) is 13.6. The second-order valence-electron chi connectivity index (χ2n) is 5.82. The van der Waals surface area contributed by atoms with Crippen molar-refractivity contribution in [3.8, 4) is 0 Å². The topological polar surface area (TPSA) is 20.3 Å². The molecule has 1 rings (SSSR count). The van der Waals surface area contributed by atoms with Crippen molar-refractivity contribution >= 4 is 12.1 Å². The van der Waals surface area contributed by atoms with Crippen LogP contribution < -0.4 is 4.90 Å². The molecule has 0 unspecified atom stereocenters. The minimum Gasteiger partial charge on any atom is -0.315 e. The van der Waals surface area contributed by atoms with Crippen LogP contribution in [0.3, 0.4) is 0 Å². The lowest BCUT2D eigenvalue weighted by Crippen LogP contribution is -2.22. The molecule has 118 valence electrons. The van der Waals surface area contributed by atoms with E-state index in [9.17, 15) is 4.79 Å². The molecule has 1 aromatic carbocycles. The minimum absolute atomic E-state index is 0.837. The second kappa shape index (κ2) is 12.4. The van der Waals surface area contributed by atoms with E-state index in [-0.39, 0.29) is 0 Å². The molecule has 0 heterocycles. The lowest BCUT2D eigenvalue weighted by molar-refractivity contribution is -0.107. The standard InChI is InChI=1S/C19H31NO/c1-2-3-4-5-6-7-8-9-10-14-17-20(18-21)19-15-12-11-13-16-19/h11-13,15-16,18H,2-10,14,17H2,1H3. The summed E-state index contributed by atoms with van der Waals surface area (Å²) in [4.78, 5) is 12.9. The maximum atomic E-state index is 11.1. The average Bonchev–Trinajstić information content (AvgIpc) is 2.54. The van der Waals surface area contributed by atoms with E-state index in [4.69, 9.17) is 0 Å². The number of carbonyl (C=O) groups excluding carboxylic acids is 1. The van der Waals surface area contributed by atoms with Crippen molar-refractivity contribution in [3.63, 3.8) is 0 Å². The number of anilines is 1. The maximum Gasteiger partial charge on any atom is 0.214 e. The van der Waals surface area contributed by atoms with Gasteiger partial charge in [0.25, 0.3) is 0 Å². The van der Waals surface area contributed by atoms with E-state index in [0.717, 1.165) is 25.1 Å². The molecule has 0 fully saturated rings. The first-order valence-electron chi connectivity index (χ1n) is 8.65. The summed E-state index contributed by atoms with van der Waals surface area (Å²) in [5, 5.41) is 0. The van der Waals surface area contributed by atoms with Crippen LogP contribution in [0.4, 0.5) is 5.69 Å². The zero-order valence-corrected chi connectivity index (χ0v) is 13.6. The average molecular weight is 289 g/mol. The van der Waals surface area contributed by atoms with Crippen LogP contribution in [-0.4, -0.2) is 13.0 Å². The molecule has 21 heavy (non-hydrogen) atoms. The Bertz CT molecular complexity index is 350. The van der Waals surface area contributed by atoms with Gasteiger partial charge in [-0.2, -0.15) is 0 Å². The van der Waals surface area contributed by atoms with Crippen LogP contribution in [0.25, 0.3) is 0 Å². The van der Waals surface area contributed by atoms with E-state index in [2.05, 4.69) is 6.92 Å². The van der Waals surface area contributed by atoms with Gasteiger partial charge in [0.2, 0.25) is 6.41 Å². The quantitative estimate of drug-likeness (QED) is 0.343. The molecule has 0 aromatic heterocycles. The fraction of sp³-hybridized carbons (Fsp3) is 0.632. The number of rotatable bonds is 13. The first kappa shape index (κ1) is 17.7. The molecular formula is C19H31NO. The molecule has 2 heteroatoms. The lowest BCUT2D eigenvalue weighted by atomic mass is 10.1. The normalized spacial score (nSPS) is 10.5. The Balaban J connectivity index is 1.99. The highest BCUT2D eigenvalue weighted by Crippen LogP contribution is 2.14. The number of carbonyl (C=O) groups is 1. The number of amides is 1. The first-order valence-corrected chi connectivity index (χ1v) is 8.65. The smallest absolute Gasteiger partial charge is 0.214 e. The van der Waals surface area contributed by atoms with E-state index < -0.39 is 0 Å². The Hall–Kier alpha value is -1.31. The molecule has 0 N–H and O–H groups in total. The molecular weight excluding hydrogens is 258 g/mol. The van der Waals surface area contributed by atoms with Gasteiger partial charge >= 0.3 is 0 Å². The van der Waals surface area contributed by atoms with Crippen LogP contribution in [0.15, 0.2) is 30.3 Å². The minimum atomic E-state index is 0.837. The molecule has 0 radical (unpaired) electrons. The van der Waals surface area contributed by atoms with Crippen molar-refractivity contribution in [1.29, 1.82) is 0 Å². The maximum absolute atomic E-state index is 11.1. The Morgan fingerprint density at radius 2 is 1.33 bits per heavy atom. The number of hydrogen-bond donors (Lipinski definition) is 0. The van der Waals surface area contributed by atoms with Crippen molar-refractivity contribution in [2.45, 2.75) is 71.1 Å². The predicted molar refractivity (Wildman–Crippen MR) is 91.7 cm³/mol. The van der Waals surface area contributed by atoms with Gasteiger partial charge in [-0.05, 0) is 18.6 Å². The molecule has 0 aliphatic rings. The van der Waals surface area contributed by atoms with Gasteiger partial charge in [-0.15, -0.1) is 0 Å². The SMILES string of the molecule is CCCCCCCCCCCCN(C=O)c1ccccc1. The van der Waals surface area contributed by atoms with Gasteiger partial charge in [0.1, 0.15) is 0 Å². The summed E-state index contributed by atoms with van der Waals surface area (Å²) in [5.41, 5.74) is 1.00. The number of benzene rings is 1. The van der Waals surface area contributed by atoms with E-state index in [1.165, 1.54) is 57.8 Å². The molecule has 0 atom stereocenters. The summed E-state index contributed by atoms with van der Waals surface area (Å²) in [6.45, 7) is 3.10. The van der Waals surface area contributed by atoms with E-state index >= 15 is 0 Å². The van der Waals surface area contributed by atoms with Gasteiger partial charge in [-0.1, -0.05) is 82.9 Å². The van der Waals surface area contributed by atoms with Gasteiger partial charge in [-0.25, -0.2) is 0 Å². The van der Waals surface area contributed by atoms with E-state index in [1.54, 1.807) is 0 Å². The van der Waals surface area contributed by atoms with E-state index in [0.29, 0.717) is 0 Å². The Labute approximate surface area is 130 Å². The third-order valence-electron chi connectivity index (χ3n) is 3.97. The predicted octanol–water partition coefficient (Wildman–Crippen LogP) is 5.57. The van der Waals surface area contributed by atoms with E-state index in [1.807, 2.05) is 35.2 Å². The molecule has 1 aromatic rings. The number of unbranched alkanes of at least 4 members (excludes halogenated alkanes) is 9. The van der Waals surface area contributed by atoms with Crippen LogP contribution in [0.2, 0.25) is 0 Å². The molecule has 0 bridgehead atoms. The Morgan fingerprint density at radius 3 is 1.86 bits per heavy atom. The third-order valence-corrected chi connectivity index (χ3v) is 3.97. The molecule has 0 spiro atoms. The van der Waals surface area contributed by atoms with Crippen molar-refractivity contribution < 1.29 is 4.79 Å². The molecule has 0 aliphatic heterocycles. The molecule has 0 aliphatic carbocycles. The summed E-state index contributed by atoms with van der Waals surface area (Å²) < 4.78 is 0. The van der Waals surface area contributed by atoms with Crippen LogP contribution in [-0.2, 0) is 4.79 Å². The number of nitrogens with zero attached hydrogens (tertiary/aromatic N) is 1. The van der Waals surface area contributed by atoms with Crippen molar-refractivity contribution in [2.75, 3.05) is 11.4 Å². The van der Waals surface area contributed by atoms with Gasteiger partial charge in [-0.3, -0.25) is 4.79 Å². The third kappa shape index (κ3) is 8.54. The van der Waals surface area contributed by atoms with Crippen LogP contribution in [0.1, 0.15) is 71.1 Å². The summed E-state index contributed by atoms with van der Waals surface area (Å²) in [6.07, 6.45) is 14.2.